The number of hydrogen-bond donors (Lipinski definition) is 1. The molecule has 70 valence electrons. The van der Waals surface area contributed by atoms with E-state index in [9.17, 15) is 4.39 Å². The second-order valence-corrected chi connectivity index (χ2v) is 2.63. The van der Waals surface area contributed by atoms with E-state index in [4.69, 9.17) is 21.5 Å². The predicted molar refractivity (Wildman–Crippen MR) is 47.1 cm³/mol. The van der Waals surface area contributed by atoms with E-state index in [1.165, 1.54) is 19.2 Å². The van der Waals surface area contributed by atoms with Crippen LogP contribution in [-0.2, 0) is 0 Å². The summed E-state index contributed by atoms with van der Waals surface area (Å²) in [6.07, 6.45) is 0. The van der Waals surface area contributed by atoms with E-state index in [0.29, 0.717) is 5.75 Å². The van der Waals surface area contributed by atoms with Crippen molar-refractivity contribution in [2.45, 2.75) is 0 Å². The quantitative estimate of drug-likeness (QED) is 0.455. The Morgan fingerprint density at radius 3 is 2.77 bits per heavy atom. The Labute approximate surface area is 79.4 Å². The van der Waals surface area contributed by atoms with Crippen molar-refractivity contribution in [3.05, 3.63) is 29.6 Å². The van der Waals surface area contributed by atoms with Crippen LogP contribution in [0.1, 0.15) is 5.56 Å². The summed E-state index contributed by atoms with van der Waals surface area (Å²) in [6.45, 7) is 0. The van der Waals surface area contributed by atoms with Crippen LogP contribution in [0.15, 0.2) is 23.4 Å². The van der Waals surface area contributed by atoms with E-state index < -0.39 is 5.82 Å². The number of nitrogens with zero attached hydrogens (tertiary/aromatic N) is 1. The lowest BCUT2D eigenvalue weighted by molar-refractivity contribution is 0.321. The zero-order chi connectivity index (χ0) is 9.84. The number of halogens is 2. The highest BCUT2D eigenvalue weighted by Gasteiger charge is 2.05. The van der Waals surface area contributed by atoms with Gasteiger partial charge in [-0.25, -0.2) is 4.39 Å². The van der Waals surface area contributed by atoms with E-state index in [1.807, 2.05) is 0 Å². The summed E-state index contributed by atoms with van der Waals surface area (Å²) in [5, 5.41) is 10.9. The van der Waals surface area contributed by atoms with E-state index in [0.717, 1.165) is 6.07 Å². The maximum Gasteiger partial charge on any atom is 0.175 e. The van der Waals surface area contributed by atoms with Gasteiger partial charge in [-0.15, -0.1) is 0 Å². The van der Waals surface area contributed by atoms with Crippen LogP contribution < -0.4 is 4.74 Å². The van der Waals surface area contributed by atoms with Crippen LogP contribution in [0.3, 0.4) is 0 Å². The van der Waals surface area contributed by atoms with E-state index in [-0.39, 0.29) is 10.7 Å². The van der Waals surface area contributed by atoms with Crippen LogP contribution in [0.4, 0.5) is 4.39 Å². The van der Waals surface area contributed by atoms with Crippen LogP contribution in [0, 0.1) is 5.82 Å². The third kappa shape index (κ3) is 2.32. The summed E-state index contributed by atoms with van der Waals surface area (Å²) in [5.41, 5.74) is 0.265. The van der Waals surface area contributed by atoms with Crippen molar-refractivity contribution in [3.8, 4) is 5.75 Å². The molecule has 0 saturated heterocycles. The maximum atomic E-state index is 12.8. The van der Waals surface area contributed by atoms with Crippen molar-refractivity contribution in [3.63, 3.8) is 0 Å². The van der Waals surface area contributed by atoms with E-state index in [1.54, 1.807) is 0 Å². The van der Waals surface area contributed by atoms with Gasteiger partial charge in [-0.3, -0.25) is 0 Å². The maximum absolute atomic E-state index is 12.8. The molecule has 3 nitrogen and oxygen atoms in total. The van der Waals surface area contributed by atoms with Gasteiger partial charge in [0.1, 0.15) is 11.6 Å². The molecule has 0 bridgehead atoms. The van der Waals surface area contributed by atoms with Crippen LogP contribution in [0.5, 0.6) is 5.75 Å². The SMILES string of the molecule is COc1cc(F)cc(C(Cl)=NO)c1. The molecule has 1 aromatic rings. The Balaban J connectivity index is 3.16. The summed E-state index contributed by atoms with van der Waals surface area (Å²) in [7, 11) is 1.41. The predicted octanol–water partition coefficient (Wildman–Crippen LogP) is 2.21. The Morgan fingerprint density at radius 2 is 2.23 bits per heavy atom. The number of methoxy groups -OCH3 is 1. The molecule has 0 saturated carbocycles. The molecule has 0 aromatic heterocycles. The molecule has 0 aliphatic rings. The second-order valence-electron chi connectivity index (χ2n) is 2.27. The monoisotopic (exact) mass is 203 g/mol. The van der Waals surface area contributed by atoms with Gasteiger partial charge in [0, 0.05) is 11.6 Å². The number of oxime groups is 1. The fourth-order valence-corrected chi connectivity index (χ4v) is 0.967. The third-order valence-corrected chi connectivity index (χ3v) is 1.73. The third-order valence-electron chi connectivity index (χ3n) is 1.43. The molecule has 1 N–H and O–H groups in total. The standard InChI is InChI=1S/C8H7ClFNO2/c1-13-7-3-5(8(9)11-12)2-6(10)4-7/h2-4,12H,1H3. The molecule has 0 fully saturated rings. The number of benzene rings is 1. The molecule has 0 atom stereocenters. The summed E-state index contributed by atoms with van der Waals surface area (Å²) in [5.74, 6) is -0.187. The lowest BCUT2D eigenvalue weighted by Gasteiger charge is -2.02. The lowest BCUT2D eigenvalue weighted by Crippen LogP contribution is -1.94. The topological polar surface area (TPSA) is 41.8 Å². The van der Waals surface area contributed by atoms with Gasteiger partial charge in [-0.2, -0.15) is 0 Å². The van der Waals surface area contributed by atoms with Crippen LogP contribution in [0.25, 0.3) is 0 Å². The van der Waals surface area contributed by atoms with Gasteiger partial charge in [0.25, 0.3) is 0 Å². The molecule has 0 unspecified atom stereocenters. The van der Waals surface area contributed by atoms with Crippen LogP contribution >= 0.6 is 11.6 Å². The molecule has 1 aromatic carbocycles. The minimum absolute atomic E-state index is 0.183. The molecule has 0 aliphatic heterocycles. The minimum Gasteiger partial charge on any atom is -0.497 e. The van der Waals surface area contributed by atoms with Gasteiger partial charge in [-0.1, -0.05) is 16.8 Å². The molecular formula is C8H7ClFNO2. The first kappa shape index (κ1) is 9.80. The van der Waals surface area contributed by atoms with Crippen LogP contribution in [0.2, 0.25) is 0 Å². The van der Waals surface area contributed by atoms with Crippen molar-refractivity contribution < 1.29 is 14.3 Å². The van der Waals surface area contributed by atoms with Crippen LogP contribution in [-0.4, -0.2) is 17.5 Å². The Bertz CT molecular complexity index is 341. The summed E-state index contributed by atoms with van der Waals surface area (Å²) in [4.78, 5) is 0. The molecule has 0 amide bonds. The van der Waals surface area contributed by atoms with Gasteiger partial charge >= 0.3 is 0 Å². The highest BCUT2D eigenvalue weighted by Crippen LogP contribution is 2.17. The number of ether oxygens (including phenoxy) is 1. The molecule has 0 aliphatic carbocycles. The van der Waals surface area contributed by atoms with E-state index in [2.05, 4.69) is 5.16 Å². The highest BCUT2D eigenvalue weighted by atomic mass is 35.5. The molecular weight excluding hydrogens is 197 g/mol. The normalized spacial score (nSPS) is 11.5. The largest absolute Gasteiger partial charge is 0.497 e. The van der Waals surface area contributed by atoms with Gasteiger partial charge in [0.2, 0.25) is 0 Å². The zero-order valence-corrected chi connectivity index (χ0v) is 7.55. The minimum atomic E-state index is -0.504. The summed E-state index contributed by atoms with van der Waals surface area (Å²) >= 11 is 5.47. The average Bonchev–Trinajstić information content (AvgIpc) is 2.15. The van der Waals surface area contributed by atoms with E-state index >= 15 is 0 Å². The Hall–Kier alpha value is -1.29. The van der Waals surface area contributed by atoms with Crippen molar-refractivity contribution in [2.75, 3.05) is 7.11 Å². The van der Waals surface area contributed by atoms with Crippen molar-refractivity contribution in [1.82, 2.24) is 0 Å². The molecule has 0 spiro atoms. The number of hydrogen-bond acceptors (Lipinski definition) is 3. The lowest BCUT2D eigenvalue weighted by atomic mass is 10.2. The molecule has 0 heterocycles. The summed E-state index contributed by atoms with van der Waals surface area (Å²) in [6, 6.07) is 3.81. The second kappa shape index (κ2) is 4.09. The smallest absolute Gasteiger partial charge is 0.175 e. The van der Waals surface area contributed by atoms with Crippen molar-refractivity contribution in [1.29, 1.82) is 0 Å². The van der Waals surface area contributed by atoms with Gasteiger partial charge in [0.05, 0.1) is 7.11 Å². The Kier molecular flexibility index (Phi) is 3.08. The molecule has 5 heteroatoms. The number of rotatable bonds is 2. The van der Waals surface area contributed by atoms with Crippen molar-refractivity contribution in [2.24, 2.45) is 5.16 Å². The first-order valence-corrected chi connectivity index (χ1v) is 3.77. The molecule has 0 radical (unpaired) electrons. The highest BCUT2D eigenvalue weighted by molar-refractivity contribution is 6.69. The average molecular weight is 204 g/mol. The summed E-state index contributed by atoms with van der Waals surface area (Å²) < 4.78 is 17.6. The zero-order valence-electron chi connectivity index (χ0n) is 6.79. The van der Waals surface area contributed by atoms with Gasteiger partial charge in [-0.05, 0) is 12.1 Å². The fourth-order valence-electron chi connectivity index (χ4n) is 0.857. The molecule has 1 rings (SSSR count). The first-order valence-electron chi connectivity index (χ1n) is 3.40. The molecule has 13 heavy (non-hydrogen) atoms. The fraction of sp³-hybridized carbons (Fsp3) is 0.125. The first-order chi connectivity index (χ1) is 6.17. The Morgan fingerprint density at radius 1 is 1.54 bits per heavy atom. The van der Waals surface area contributed by atoms with Gasteiger partial charge in [0.15, 0.2) is 5.17 Å². The van der Waals surface area contributed by atoms with Gasteiger partial charge < -0.3 is 9.94 Å². The van der Waals surface area contributed by atoms with Crippen molar-refractivity contribution >= 4 is 16.8 Å².